The Morgan fingerprint density at radius 2 is 2.12 bits per heavy atom. The number of halogens is 4. The molecule has 96 valence electrons. The molecule has 0 aromatic carbocycles. The Hall–Kier alpha value is -0.590. The van der Waals surface area contributed by atoms with Gasteiger partial charge in [0.2, 0.25) is 0 Å². The normalized spacial score (nSPS) is 14.1. The van der Waals surface area contributed by atoms with Crippen LogP contribution in [0.2, 0.25) is 4.34 Å². The first-order chi connectivity index (χ1) is 7.70. The van der Waals surface area contributed by atoms with E-state index in [0.29, 0.717) is 9.21 Å². The number of thiophene rings is 1. The summed E-state index contributed by atoms with van der Waals surface area (Å²) >= 11 is 6.74. The summed E-state index contributed by atoms with van der Waals surface area (Å²) in [6.07, 6.45) is -4.31. The molecule has 1 aromatic rings. The highest BCUT2D eigenvalue weighted by Gasteiger charge is 2.33. The molecule has 0 radical (unpaired) electrons. The van der Waals surface area contributed by atoms with E-state index in [-0.39, 0.29) is 5.78 Å². The molecule has 2 nitrogen and oxygen atoms in total. The summed E-state index contributed by atoms with van der Waals surface area (Å²) in [7, 11) is 1.27. The zero-order valence-corrected chi connectivity index (χ0v) is 10.8. The van der Waals surface area contributed by atoms with Crippen LogP contribution in [0.1, 0.15) is 16.6 Å². The van der Waals surface area contributed by atoms with E-state index >= 15 is 0 Å². The van der Waals surface area contributed by atoms with Crippen molar-refractivity contribution in [2.45, 2.75) is 19.1 Å². The van der Waals surface area contributed by atoms with Crippen LogP contribution in [0.15, 0.2) is 12.1 Å². The fraction of sp³-hybridized carbons (Fsp3) is 0.500. The van der Waals surface area contributed by atoms with Crippen LogP contribution in [0.25, 0.3) is 0 Å². The molecule has 1 atom stereocenters. The smallest absolute Gasteiger partial charge is 0.291 e. The van der Waals surface area contributed by atoms with Gasteiger partial charge in [0.25, 0.3) is 0 Å². The van der Waals surface area contributed by atoms with E-state index in [4.69, 9.17) is 11.6 Å². The van der Waals surface area contributed by atoms with Gasteiger partial charge < -0.3 is 0 Å². The molecule has 1 aromatic heterocycles. The second-order valence-corrected chi connectivity index (χ2v) is 5.39. The average molecular weight is 286 g/mol. The number of ketones is 1. The highest BCUT2D eigenvalue weighted by Crippen LogP contribution is 2.24. The number of hydrogen-bond donors (Lipinski definition) is 0. The van der Waals surface area contributed by atoms with E-state index in [9.17, 15) is 18.0 Å². The maximum atomic E-state index is 12.2. The molecular weight excluding hydrogens is 275 g/mol. The van der Waals surface area contributed by atoms with Crippen LogP contribution < -0.4 is 0 Å². The van der Waals surface area contributed by atoms with Crippen molar-refractivity contribution in [1.82, 2.24) is 4.90 Å². The molecule has 0 saturated carbocycles. The van der Waals surface area contributed by atoms with Gasteiger partial charge in [-0.1, -0.05) is 11.6 Å². The third kappa shape index (κ3) is 4.29. The number of Topliss-reactive ketones (excluding diaryl/α,β-unsaturated/α-hetero) is 1. The first kappa shape index (κ1) is 14.5. The van der Waals surface area contributed by atoms with Crippen LogP contribution in [0.3, 0.4) is 0 Å². The van der Waals surface area contributed by atoms with Crippen molar-refractivity contribution in [3.05, 3.63) is 21.3 Å². The molecule has 0 fully saturated rings. The van der Waals surface area contributed by atoms with Gasteiger partial charge in [-0.05, 0) is 26.1 Å². The van der Waals surface area contributed by atoms with Gasteiger partial charge in [0.15, 0.2) is 5.78 Å². The Morgan fingerprint density at radius 3 is 2.53 bits per heavy atom. The second kappa shape index (κ2) is 5.37. The Balaban J connectivity index is 2.70. The summed E-state index contributed by atoms with van der Waals surface area (Å²) in [5.41, 5.74) is 0. The van der Waals surface area contributed by atoms with E-state index in [1.807, 2.05) is 0 Å². The summed E-state index contributed by atoms with van der Waals surface area (Å²) in [5.74, 6) is -0.353. The molecule has 0 N–H and O–H groups in total. The number of likely N-dealkylation sites (N-methyl/N-ethyl adjacent to an activating group) is 1. The molecule has 7 heteroatoms. The summed E-state index contributed by atoms with van der Waals surface area (Å²) in [6, 6.07) is 2.25. The lowest BCUT2D eigenvalue weighted by Gasteiger charge is -2.24. The third-order valence-electron chi connectivity index (χ3n) is 2.29. The summed E-state index contributed by atoms with van der Waals surface area (Å²) in [5, 5.41) is 0. The molecule has 0 amide bonds. The van der Waals surface area contributed by atoms with Crippen LogP contribution in [-0.4, -0.2) is 36.5 Å². The molecule has 0 aliphatic rings. The van der Waals surface area contributed by atoms with Crippen LogP contribution in [0.5, 0.6) is 0 Å². The molecule has 0 aliphatic carbocycles. The van der Waals surface area contributed by atoms with Gasteiger partial charge >= 0.3 is 6.18 Å². The Kier molecular flexibility index (Phi) is 4.57. The number of rotatable bonds is 4. The zero-order chi connectivity index (χ0) is 13.2. The van der Waals surface area contributed by atoms with E-state index in [1.54, 1.807) is 6.07 Å². The highest BCUT2D eigenvalue weighted by atomic mass is 35.5. The standard InChI is InChI=1S/C10H11ClF3NOS/c1-6(15(2)5-10(12,13)14)9(16)7-3-4-8(11)17-7/h3-4,6H,5H2,1-2H3. The minimum atomic E-state index is -4.31. The van der Waals surface area contributed by atoms with Crippen molar-refractivity contribution in [2.75, 3.05) is 13.6 Å². The predicted octanol–water partition coefficient (Wildman–Crippen LogP) is 3.47. The average Bonchev–Trinajstić information content (AvgIpc) is 2.60. The number of hydrogen-bond acceptors (Lipinski definition) is 3. The van der Waals surface area contributed by atoms with Crippen LogP contribution in [0, 0.1) is 0 Å². The number of carbonyl (C=O) groups excluding carboxylic acids is 1. The number of nitrogens with zero attached hydrogens (tertiary/aromatic N) is 1. The van der Waals surface area contributed by atoms with Gasteiger partial charge in [-0.3, -0.25) is 9.69 Å². The fourth-order valence-corrected chi connectivity index (χ4v) is 2.34. The van der Waals surface area contributed by atoms with Gasteiger partial charge in [-0.15, -0.1) is 11.3 Å². The first-order valence-electron chi connectivity index (χ1n) is 4.77. The van der Waals surface area contributed by atoms with E-state index in [0.717, 1.165) is 16.2 Å². The van der Waals surface area contributed by atoms with Crippen molar-refractivity contribution in [3.8, 4) is 0 Å². The molecule has 1 rings (SSSR count). The van der Waals surface area contributed by atoms with Gasteiger partial charge in [0.1, 0.15) is 0 Å². The largest absolute Gasteiger partial charge is 0.401 e. The topological polar surface area (TPSA) is 20.3 Å². The summed E-state index contributed by atoms with van der Waals surface area (Å²) < 4.78 is 36.9. The Morgan fingerprint density at radius 1 is 1.53 bits per heavy atom. The SMILES string of the molecule is CC(C(=O)c1ccc(Cl)s1)N(C)CC(F)(F)F. The van der Waals surface area contributed by atoms with Gasteiger partial charge in [-0.25, -0.2) is 0 Å². The van der Waals surface area contributed by atoms with E-state index < -0.39 is 18.8 Å². The molecule has 0 aliphatic heterocycles. The second-order valence-electron chi connectivity index (χ2n) is 3.67. The van der Waals surface area contributed by atoms with Gasteiger partial charge in [0, 0.05) is 0 Å². The number of carbonyl (C=O) groups is 1. The minimum Gasteiger partial charge on any atom is -0.291 e. The molecule has 17 heavy (non-hydrogen) atoms. The van der Waals surface area contributed by atoms with E-state index in [1.165, 1.54) is 20.0 Å². The van der Waals surface area contributed by atoms with E-state index in [2.05, 4.69) is 0 Å². The molecular formula is C10H11ClF3NOS. The van der Waals surface area contributed by atoms with Crippen molar-refractivity contribution < 1.29 is 18.0 Å². The maximum absolute atomic E-state index is 12.2. The molecule has 0 bridgehead atoms. The summed E-state index contributed by atoms with van der Waals surface area (Å²) in [6.45, 7) is 0.334. The van der Waals surface area contributed by atoms with Crippen molar-refractivity contribution in [1.29, 1.82) is 0 Å². The Labute approximate surface area is 106 Å². The van der Waals surface area contributed by atoms with Crippen molar-refractivity contribution >= 4 is 28.7 Å². The summed E-state index contributed by atoms with van der Waals surface area (Å²) in [4.78, 5) is 13.2. The van der Waals surface area contributed by atoms with Gasteiger partial charge in [0.05, 0.1) is 21.8 Å². The lowest BCUT2D eigenvalue weighted by molar-refractivity contribution is -0.145. The maximum Gasteiger partial charge on any atom is 0.401 e. The predicted molar refractivity (Wildman–Crippen MR) is 61.8 cm³/mol. The van der Waals surface area contributed by atoms with Gasteiger partial charge in [-0.2, -0.15) is 13.2 Å². The quantitative estimate of drug-likeness (QED) is 0.790. The zero-order valence-electron chi connectivity index (χ0n) is 9.21. The van der Waals surface area contributed by atoms with Crippen molar-refractivity contribution in [3.63, 3.8) is 0 Å². The first-order valence-corrected chi connectivity index (χ1v) is 5.96. The Bertz CT molecular complexity index is 405. The highest BCUT2D eigenvalue weighted by molar-refractivity contribution is 7.18. The lowest BCUT2D eigenvalue weighted by Crippen LogP contribution is -2.41. The lowest BCUT2D eigenvalue weighted by atomic mass is 10.1. The third-order valence-corrected chi connectivity index (χ3v) is 3.53. The molecule has 1 unspecified atom stereocenters. The molecule has 1 heterocycles. The minimum absolute atomic E-state index is 0.353. The number of alkyl halides is 3. The monoisotopic (exact) mass is 285 g/mol. The molecule has 0 spiro atoms. The van der Waals surface area contributed by atoms with Crippen molar-refractivity contribution in [2.24, 2.45) is 0 Å². The van der Waals surface area contributed by atoms with Crippen LogP contribution in [0.4, 0.5) is 13.2 Å². The van der Waals surface area contributed by atoms with Crippen LogP contribution in [-0.2, 0) is 0 Å². The van der Waals surface area contributed by atoms with Crippen LogP contribution >= 0.6 is 22.9 Å². The fourth-order valence-electron chi connectivity index (χ4n) is 1.27. The molecule has 0 saturated heterocycles.